The van der Waals surface area contributed by atoms with Gasteiger partial charge >= 0.3 is 6.18 Å². The van der Waals surface area contributed by atoms with Gasteiger partial charge < -0.3 is 20.7 Å². The van der Waals surface area contributed by atoms with Gasteiger partial charge in [-0.25, -0.2) is 9.98 Å². The van der Waals surface area contributed by atoms with Crippen LogP contribution in [0.25, 0.3) is 0 Å². The largest absolute Gasteiger partial charge is 0.397 e. The molecule has 0 radical (unpaired) electrons. The van der Waals surface area contributed by atoms with Crippen molar-refractivity contribution in [3.63, 3.8) is 0 Å². The molecule has 0 aromatic rings. The van der Waals surface area contributed by atoms with E-state index in [0.29, 0.717) is 17.6 Å². The molecule has 8 nitrogen and oxygen atoms in total. The number of rotatable bonds is 4. The van der Waals surface area contributed by atoms with Crippen molar-refractivity contribution in [2.45, 2.75) is 36.8 Å². The van der Waals surface area contributed by atoms with E-state index in [1.165, 1.54) is 11.2 Å². The number of ether oxygens (including phenoxy) is 1. The van der Waals surface area contributed by atoms with Crippen molar-refractivity contribution in [3.05, 3.63) is 0 Å². The molecule has 5 atom stereocenters. The van der Waals surface area contributed by atoms with E-state index in [2.05, 4.69) is 15.0 Å². The first kappa shape index (κ1) is 17.5. The zero-order chi connectivity index (χ0) is 17.5. The number of nitrogens with two attached hydrogens (primary N) is 1. The molecule has 2 unspecified atom stereocenters. The molecule has 24 heavy (non-hydrogen) atoms. The lowest BCUT2D eigenvalue weighted by Gasteiger charge is -2.28. The monoisotopic (exact) mass is 367 g/mol. The second kappa shape index (κ2) is 6.50. The molecule has 0 aliphatic carbocycles. The molecule has 0 spiro atoms. The lowest BCUT2D eigenvalue weighted by Crippen LogP contribution is -2.49. The highest BCUT2D eigenvalue weighted by molar-refractivity contribution is 7.99. The van der Waals surface area contributed by atoms with E-state index >= 15 is 0 Å². The first-order valence-electron chi connectivity index (χ1n) is 7.10. The van der Waals surface area contributed by atoms with Crippen LogP contribution in [0.4, 0.5) is 13.2 Å². The first-order chi connectivity index (χ1) is 11.3. The van der Waals surface area contributed by atoms with Crippen molar-refractivity contribution < 1.29 is 28.1 Å². The van der Waals surface area contributed by atoms with Crippen LogP contribution in [0.3, 0.4) is 0 Å². The van der Waals surface area contributed by atoms with Gasteiger partial charge in [0.05, 0.1) is 18.2 Å². The quantitative estimate of drug-likeness (QED) is 0.597. The Balaban J connectivity index is 1.63. The molecule has 0 bridgehead atoms. The molecule has 3 aliphatic heterocycles. The van der Waals surface area contributed by atoms with E-state index in [9.17, 15) is 23.4 Å². The molecule has 3 aliphatic rings. The van der Waals surface area contributed by atoms with E-state index < -0.39 is 42.5 Å². The van der Waals surface area contributed by atoms with Gasteiger partial charge in [-0.1, -0.05) is 0 Å². The predicted molar refractivity (Wildman–Crippen MR) is 82.1 cm³/mol. The van der Waals surface area contributed by atoms with Crippen LogP contribution in [0.15, 0.2) is 15.0 Å². The fraction of sp³-hybridized carbons (Fsp3) is 0.750. The van der Waals surface area contributed by atoms with Crippen LogP contribution in [0, 0.1) is 0 Å². The number of thioether (sulfide) groups is 1. The Bertz CT molecular complexity index is 585. The Morgan fingerprint density at radius 2 is 2.08 bits per heavy atom. The zero-order valence-corrected chi connectivity index (χ0v) is 13.1. The molecule has 0 amide bonds. The van der Waals surface area contributed by atoms with Crippen LogP contribution in [-0.4, -0.2) is 88.1 Å². The topological polar surface area (TPSA) is 116 Å². The third-order valence-electron chi connectivity index (χ3n) is 3.77. The fourth-order valence-corrected chi connectivity index (χ4v) is 3.50. The maximum atomic E-state index is 12.2. The van der Waals surface area contributed by atoms with Gasteiger partial charge in [0, 0.05) is 5.75 Å². The summed E-state index contributed by atoms with van der Waals surface area (Å²) in [4.78, 5) is 13.7. The van der Waals surface area contributed by atoms with Gasteiger partial charge in [0.15, 0.2) is 12.3 Å². The maximum absolute atomic E-state index is 12.2. The summed E-state index contributed by atoms with van der Waals surface area (Å²) < 4.78 is 42.2. The van der Waals surface area contributed by atoms with Gasteiger partial charge in [-0.15, -0.1) is 11.8 Å². The Morgan fingerprint density at radius 3 is 2.79 bits per heavy atom. The third kappa shape index (κ3) is 3.36. The third-order valence-corrected chi connectivity index (χ3v) is 4.87. The van der Waals surface area contributed by atoms with Crippen molar-refractivity contribution in [1.82, 2.24) is 4.90 Å². The Kier molecular flexibility index (Phi) is 4.73. The van der Waals surface area contributed by atoms with Crippen LogP contribution < -0.4 is 5.73 Å². The maximum Gasteiger partial charge on any atom is 0.397 e. The molecule has 134 valence electrons. The second-order valence-electron chi connectivity index (χ2n) is 5.49. The predicted octanol–water partition coefficient (Wildman–Crippen LogP) is -0.832. The summed E-state index contributed by atoms with van der Waals surface area (Å²) in [6.07, 6.45) is -7.46. The molecule has 0 aromatic heterocycles. The SMILES string of the molecule is NC1=NCN=C2C1N=CN2C1O[C@H](CSCC(F)(F)F)[C@@H](O)[C@H]1O. The average Bonchev–Trinajstić information content (AvgIpc) is 3.03. The molecular weight excluding hydrogens is 351 g/mol. The van der Waals surface area contributed by atoms with E-state index in [-0.39, 0.29) is 18.3 Å². The number of halogens is 3. The average molecular weight is 367 g/mol. The smallest absolute Gasteiger partial charge is 0.387 e. The summed E-state index contributed by atoms with van der Waals surface area (Å²) in [5, 5.41) is 20.2. The lowest BCUT2D eigenvalue weighted by atomic mass is 10.1. The molecule has 3 heterocycles. The number of amidine groups is 2. The minimum absolute atomic E-state index is 0.0985. The van der Waals surface area contributed by atoms with Crippen molar-refractivity contribution in [3.8, 4) is 0 Å². The standard InChI is InChI=1S/C12H16F3N5O3S/c13-12(14,15)2-24-1-5-7(21)8(22)11(23-5)20-4-19-6-9(16)17-3-18-10(6)20/h4-8,11,21-22H,1-3H2,(H2,16,17)/t5-,6?,7-,8-,11?/m1/s1. The minimum atomic E-state index is -4.30. The minimum Gasteiger partial charge on any atom is -0.387 e. The van der Waals surface area contributed by atoms with Gasteiger partial charge in [-0.2, -0.15) is 13.2 Å². The van der Waals surface area contributed by atoms with Gasteiger partial charge in [0.25, 0.3) is 0 Å². The lowest BCUT2D eigenvalue weighted by molar-refractivity contribution is -0.105. The number of alkyl halides is 3. The normalized spacial score (nSPS) is 35.9. The van der Waals surface area contributed by atoms with Crippen LogP contribution in [0.5, 0.6) is 0 Å². The van der Waals surface area contributed by atoms with Crippen LogP contribution in [0.2, 0.25) is 0 Å². The molecule has 4 N–H and O–H groups in total. The highest BCUT2D eigenvalue weighted by Gasteiger charge is 2.48. The fourth-order valence-electron chi connectivity index (χ4n) is 2.64. The number of hydrogen-bond acceptors (Lipinski definition) is 9. The van der Waals surface area contributed by atoms with Crippen molar-refractivity contribution >= 4 is 29.8 Å². The van der Waals surface area contributed by atoms with Gasteiger partial charge in [-0.05, 0) is 0 Å². The zero-order valence-electron chi connectivity index (χ0n) is 12.3. The van der Waals surface area contributed by atoms with Crippen LogP contribution in [0.1, 0.15) is 0 Å². The Morgan fingerprint density at radius 1 is 1.33 bits per heavy atom. The van der Waals surface area contributed by atoms with Crippen molar-refractivity contribution in [1.29, 1.82) is 0 Å². The Labute approximate surface area is 139 Å². The van der Waals surface area contributed by atoms with E-state index in [0.717, 1.165) is 0 Å². The second-order valence-corrected chi connectivity index (χ2v) is 6.52. The summed E-state index contributed by atoms with van der Waals surface area (Å²) in [7, 11) is 0. The summed E-state index contributed by atoms with van der Waals surface area (Å²) in [5.74, 6) is -0.433. The van der Waals surface area contributed by atoms with Crippen LogP contribution >= 0.6 is 11.8 Å². The summed E-state index contributed by atoms with van der Waals surface area (Å²) in [6.45, 7) is 0.119. The number of nitrogens with zero attached hydrogens (tertiary/aromatic N) is 4. The van der Waals surface area contributed by atoms with Crippen molar-refractivity contribution in [2.75, 3.05) is 18.2 Å². The summed E-state index contributed by atoms with van der Waals surface area (Å²) >= 11 is 0.588. The van der Waals surface area contributed by atoms with E-state index in [1.54, 1.807) is 0 Å². The first-order valence-corrected chi connectivity index (χ1v) is 8.25. The summed E-state index contributed by atoms with van der Waals surface area (Å²) in [6, 6.07) is -0.564. The van der Waals surface area contributed by atoms with Crippen LogP contribution in [-0.2, 0) is 4.74 Å². The molecule has 0 aromatic carbocycles. The van der Waals surface area contributed by atoms with Gasteiger partial charge in [-0.3, -0.25) is 9.89 Å². The Hall–Kier alpha value is -1.37. The number of fused-ring (bicyclic) bond motifs is 1. The number of aliphatic imine (C=N–C) groups is 3. The van der Waals surface area contributed by atoms with E-state index in [4.69, 9.17) is 10.5 Å². The van der Waals surface area contributed by atoms with Crippen molar-refractivity contribution in [2.24, 2.45) is 20.7 Å². The van der Waals surface area contributed by atoms with E-state index in [1.807, 2.05) is 0 Å². The molecule has 12 heteroatoms. The number of hydrogen-bond donors (Lipinski definition) is 3. The van der Waals surface area contributed by atoms with Gasteiger partial charge in [0.1, 0.15) is 30.5 Å². The number of aliphatic hydroxyl groups is 2. The summed E-state index contributed by atoms with van der Waals surface area (Å²) in [5.41, 5.74) is 5.74. The highest BCUT2D eigenvalue weighted by Crippen LogP contribution is 2.30. The highest BCUT2D eigenvalue weighted by atomic mass is 32.2. The molecule has 3 rings (SSSR count). The number of aliphatic hydroxyl groups excluding tert-OH is 2. The molecule has 1 fully saturated rings. The van der Waals surface area contributed by atoms with Gasteiger partial charge in [0.2, 0.25) is 0 Å². The molecular formula is C12H16F3N5O3S. The molecule has 1 saturated heterocycles. The molecule has 0 saturated carbocycles.